The van der Waals surface area contributed by atoms with Crippen molar-refractivity contribution in [3.8, 4) is 17.2 Å². The van der Waals surface area contributed by atoms with Gasteiger partial charge in [0.25, 0.3) is 0 Å². The summed E-state index contributed by atoms with van der Waals surface area (Å²) in [7, 11) is 0. The monoisotopic (exact) mass is 393 g/mol. The number of pyridine rings is 1. The Morgan fingerprint density at radius 1 is 1.11 bits per heavy atom. The fraction of sp³-hybridized carbons (Fsp3) is 0.278. The molecule has 1 fully saturated rings. The van der Waals surface area contributed by atoms with Crippen LogP contribution >= 0.6 is 12.4 Å². The highest BCUT2D eigenvalue weighted by Gasteiger charge is 2.35. The molecule has 6 nitrogen and oxygen atoms in total. The average molecular weight is 394 g/mol. The number of nitrogens with two attached hydrogens (primary N) is 1. The molecule has 0 radical (unpaired) electrons. The topological polar surface area (TPSA) is 89.9 Å². The van der Waals surface area contributed by atoms with Gasteiger partial charge in [-0.1, -0.05) is 6.07 Å². The van der Waals surface area contributed by atoms with Gasteiger partial charge in [-0.2, -0.15) is 4.68 Å². The molecule has 2 aromatic heterocycles. The lowest BCUT2D eigenvalue weighted by Crippen LogP contribution is -2.28. The van der Waals surface area contributed by atoms with Gasteiger partial charge in [0.1, 0.15) is 5.82 Å². The van der Waals surface area contributed by atoms with Crippen molar-refractivity contribution in [3.63, 3.8) is 0 Å². The molecule has 1 aromatic carbocycles. The second-order valence-electron chi connectivity index (χ2n) is 6.42. The summed E-state index contributed by atoms with van der Waals surface area (Å²) in [5, 5.41) is 14.4. The summed E-state index contributed by atoms with van der Waals surface area (Å²) in [6.07, 6.45) is 2.04. The van der Waals surface area contributed by atoms with Crippen LogP contribution in [-0.4, -0.2) is 37.0 Å². The van der Waals surface area contributed by atoms with Gasteiger partial charge >= 0.3 is 0 Å². The van der Waals surface area contributed by atoms with Crippen LogP contribution in [0.3, 0.4) is 0 Å². The average Bonchev–Trinajstić information content (AvgIpc) is 3.22. The summed E-state index contributed by atoms with van der Waals surface area (Å²) >= 11 is 0. The van der Waals surface area contributed by atoms with Gasteiger partial charge < -0.3 is 10.8 Å². The molecule has 0 aliphatic heterocycles. The van der Waals surface area contributed by atoms with Crippen molar-refractivity contribution in [2.45, 2.75) is 30.9 Å². The Morgan fingerprint density at radius 2 is 1.93 bits per heavy atom. The van der Waals surface area contributed by atoms with E-state index in [1.165, 1.54) is 6.07 Å². The van der Waals surface area contributed by atoms with E-state index in [2.05, 4.69) is 15.1 Å². The minimum absolute atomic E-state index is 0. The van der Waals surface area contributed by atoms with Crippen LogP contribution in [0.15, 0.2) is 42.6 Å². The summed E-state index contributed by atoms with van der Waals surface area (Å²) in [5.74, 6) is -0.582. The molecule has 0 saturated heterocycles. The van der Waals surface area contributed by atoms with Gasteiger partial charge in [0.15, 0.2) is 23.3 Å². The van der Waals surface area contributed by atoms with E-state index in [9.17, 15) is 13.9 Å². The van der Waals surface area contributed by atoms with Crippen molar-refractivity contribution in [3.05, 3.63) is 60.1 Å². The van der Waals surface area contributed by atoms with Crippen LogP contribution in [0.5, 0.6) is 0 Å². The van der Waals surface area contributed by atoms with E-state index in [0.717, 1.165) is 12.1 Å². The summed E-state index contributed by atoms with van der Waals surface area (Å²) in [6, 6.07) is 8.58. The predicted octanol–water partition coefficient (Wildman–Crippen LogP) is 2.59. The fourth-order valence-electron chi connectivity index (χ4n) is 3.25. The summed E-state index contributed by atoms with van der Waals surface area (Å²) < 4.78 is 28.4. The Bertz CT molecular complexity index is 927. The highest BCUT2D eigenvalue weighted by molar-refractivity contribution is 5.85. The van der Waals surface area contributed by atoms with E-state index in [0.29, 0.717) is 30.0 Å². The van der Waals surface area contributed by atoms with E-state index in [1.807, 2.05) is 6.07 Å². The Balaban J connectivity index is 0.00000210. The number of halogens is 3. The molecular weight excluding hydrogens is 376 g/mol. The first kappa shape index (κ1) is 19.3. The van der Waals surface area contributed by atoms with Gasteiger partial charge in [0, 0.05) is 23.7 Å². The molecule has 3 aromatic rings. The summed E-state index contributed by atoms with van der Waals surface area (Å²) in [6.45, 7) is 0. The SMILES string of the molecule is Cl.N[C@H]1C[C@H](c2nc(-c3ccc(F)c(F)c3)nn2-c2ccccn2)C[C@@H]1O. The van der Waals surface area contributed by atoms with Crippen molar-refractivity contribution in [1.82, 2.24) is 19.7 Å². The van der Waals surface area contributed by atoms with E-state index in [-0.39, 0.29) is 30.2 Å². The van der Waals surface area contributed by atoms with Crippen LogP contribution in [0.2, 0.25) is 0 Å². The normalized spacial score (nSPS) is 21.9. The predicted molar refractivity (Wildman–Crippen MR) is 97.7 cm³/mol. The lowest BCUT2D eigenvalue weighted by molar-refractivity contribution is 0.163. The third-order valence-electron chi connectivity index (χ3n) is 4.62. The Morgan fingerprint density at radius 3 is 2.56 bits per heavy atom. The molecule has 142 valence electrons. The molecule has 2 heterocycles. The lowest BCUT2D eigenvalue weighted by atomic mass is 10.1. The number of aliphatic hydroxyl groups is 1. The number of nitrogens with zero attached hydrogens (tertiary/aromatic N) is 4. The zero-order valence-corrected chi connectivity index (χ0v) is 15.0. The van der Waals surface area contributed by atoms with Gasteiger partial charge in [-0.05, 0) is 43.2 Å². The van der Waals surface area contributed by atoms with Crippen LogP contribution < -0.4 is 5.73 Å². The minimum Gasteiger partial charge on any atom is -0.391 e. The second kappa shape index (κ2) is 7.67. The summed E-state index contributed by atoms with van der Waals surface area (Å²) in [5.41, 5.74) is 6.30. The van der Waals surface area contributed by atoms with Crippen LogP contribution in [0.4, 0.5) is 8.78 Å². The number of aromatic nitrogens is 4. The maximum Gasteiger partial charge on any atom is 0.182 e. The molecule has 9 heteroatoms. The summed E-state index contributed by atoms with van der Waals surface area (Å²) in [4.78, 5) is 8.82. The first-order valence-corrected chi connectivity index (χ1v) is 8.30. The largest absolute Gasteiger partial charge is 0.391 e. The molecule has 3 N–H and O–H groups in total. The molecule has 0 bridgehead atoms. The van der Waals surface area contributed by atoms with Crippen molar-refractivity contribution >= 4 is 12.4 Å². The maximum atomic E-state index is 13.6. The molecule has 0 unspecified atom stereocenters. The third kappa shape index (κ3) is 3.69. The second-order valence-corrected chi connectivity index (χ2v) is 6.42. The molecular formula is C18H18ClF2N5O. The van der Waals surface area contributed by atoms with Crippen molar-refractivity contribution in [2.24, 2.45) is 5.73 Å². The number of hydrogen-bond acceptors (Lipinski definition) is 5. The highest BCUT2D eigenvalue weighted by Crippen LogP contribution is 2.35. The quantitative estimate of drug-likeness (QED) is 0.713. The smallest absolute Gasteiger partial charge is 0.182 e. The molecule has 0 spiro atoms. The van der Waals surface area contributed by atoms with E-state index in [1.54, 1.807) is 23.0 Å². The Labute approximate surface area is 160 Å². The first-order chi connectivity index (χ1) is 12.5. The van der Waals surface area contributed by atoms with E-state index < -0.39 is 17.7 Å². The van der Waals surface area contributed by atoms with Crippen molar-refractivity contribution < 1.29 is 13.9 Å². The standard InChI is InChI=1S/C18H17F2N5O.ClH/c19-12-5-4-10(7-13(12)20)17-23-18(11-8-14(21)15(26)9-11)25(24-17)16-3-1-2-6-22-16;/h1-7,11,14-15,26H,8-9,21H2;1H/t11-,14-,15-;/m0./s1. The number of benzene rings is 1. The molecule has 3 atom stereocenters. The van der Waals surface area contributed by atoms with Crippen LogP contribution in [-0.2, 0) is 0 Å². The maximum absolute atomic E-state index is 13.6. The first-order valence-electron chi connectivity index (χ1n) is 8.30. The van der Waals surface area contributed by atoms with E-state index >= 15 is 0 Å². The van der Waals surface area contributed by atoms with Gasteiger partial charge in [-0.15, -0.1) is 17.5 Å². The zero-order chi connectivity index (χ0) is 18.3. The lowest BCUT2D eigenvalue weighted by Gasteiger charge is -2.10. The molecule has 0 amide bonds. The van der Waals surface area contributed by atoms with Crippen molar-refractivity contribution in [1.29, 1.82) is 0 Å². The number of rotatable bonds is 3. The molecule has 1 aliphatic carbocycles. The number of aliphatic hydroxyl groups excluding tert-OH is 1. The van der Waals surface area contributed by atoms with Crippen LogP contribution in [0.25, 0.3) is 17.2 Å². The van der Waals surface area contributed by atoms with Crippen LogP contribution in [0.1, 0.15) is 24.6 Å². The molecule has 27 heavy (non-hydrogen) atoms. The molecule has 4 rings (SSSR count). The minimum atomic E-state index is -0.962. The van der Waals surface area contributed by atoms with Gasteiger partial charge in [0.2, 0.25) is 0 Å². The number of hydrogen-bond donors (Lipinski definition) is 2. The van der Waals surface area contributed by atoms with Gasteiger partial charge in [-0.3, -0.25) is 0 Å². The highest BCUT2D eigenvalue weighted by atomic mass is 35.5. The Hall–Kier alpha value is -2.42. The van der Waals surface area contributed by atoms with Crippen LogP contribution in [0, 0.1) is 11.6 Å². The fourth-order valence-corrected chi connectivity index (χ4v) is 3.25. The molecule has 1 saturated carbocycles. The van der Waals surface area contributed by atoms with Crippen molar-refractivity contribution in [2.75, 3.05) is 0 Å². The third-order valence-corrected chi connectivity index (χ3v) is 4.62. The van der Waals surface area contributed by atoms with Gasteiger partial charge in [-0.25, -0.2) is 18.7 Å². The van der Waals surface area contributed by atoms with E-state index in [4.69, 9.17) is 5.73 Å². The van der Waals surface area contributed by atoms with Gasteiger partial charge in [0.05, 0.1) is 6.10 Å². The molecule has 1 aliphatic rings. The zero-order valence-electron chi connectivity index (χ0n) is 14.2. The Kier molecular flexibility index (Phi) is 5.50.